The summed E-state index contributed by atoms with van der Waals surface area (Å²) in [5.41, 5.74) is 1.02. The van der Waals surface area contributed by atoms with Crippen LogP contribution in [-0.4, -0.2) is 42.8 Å². The lowest BCUT2D eigenvalue weighted by Crippen LogP contribution is -2.52. The third kappa shape index (κ3) is 2.97. The van der Waals surface area contributed by atoms with Gasteiger partial charge in [0.25, 0.3) is 0 Å². The average molecular weight is 289 g/mol. The molecule has 1 saturated heterocycles. The first-order valence-electron chi connectivity index (χ1n) is 7.90. The zero-order valence-electron chi connectivity index (χ0n) is 12.5. The van der Waals surface area contributed by atoms with Crippen LogP contribution in [0.1, 0.15) is 37.8 Å². The number of fused-ring (bicyclic) bond motifs is 1. The molecule has 4 heteroatoms. The maximum absolute atomic E-state index is 12.5. The summed E-state index contributed by atoms with van der Waals surface area (Å²) in [6, 6.07) is 10.0. The number of rotatable bonds is 4. The van der Waals surface area contributed by atoms with E-state index < -0.39 is 0 Å². The van der Waals surface area contributed by atoms with E-state index in [1.165, 1.54) is 6.42 Å². The monoisotopic (exact) mass is 289 g/mol. The molecule has 0 spiro atoms. The summed E-state index contributed by atoms with van der Waals surface area (Å²) in [6.07, 6.45) is 3.66. The maximum atomic E-state index is 12.5. The second-order valence-electron chi connectivity index (χ2n) is 5.71. The minimum atomic E-state index is -0.305. The van der Waals surface area contributed by atoms with Crippen LogP contribution in [0.4, 0.5) is 0 Å². The largest absolute Gasteiger partial charge is 0.465 e. The lowest BCUT2D eigenvalue weighted by molar-refractivity contribution is -0.156. The van der Waals surface area contributed by atoms with Crippen molar-refractivity contribution in [2.75, 3.05) is 19.8 Å². The first kappa shape index (κ1) is 14.5. The van der Waals surface area contributed by atoms with Crippen molar-refractivity contribution in [3.05, 3.63) is 35.9 Å². The van der Waals surface area contributed by atoms with Gasteiger partial charge in [0.05, 0.1) is 19.3 Å². The molecule has 114 valence electrons. The van der Waals surface area contributed by atoms with Crippen LogP contribution in [0.5, 0.6) is 0 Å². The fraction of sp³-hybridized carbons (Fsp3) is 0.588. The molecule has 0 aromatic heterocycles. The molecule has 3 unspecified atom stereocenters. The molecule has 1 heterocycles. The van der Waals surface area contributed by atoms with Gasteiger partial charge in [0.15, 0.2) is 0 Å². The Morgan fingerprint density at radius 1 is 1.38 bits per heavy atom. The molecule has 2 aliphatic rings. The molecule has 2 fully saturated rings. The Bertz CT molecular complexity index is 476. The van der Waals surface area contributed by atoms with Crippen LogP contribution in [0.2, 0.25) is 0 Å². The van der Waals surface area contributed by atoms with Crippen LogP contribution in [0, 0.1) is 0 Å². The van der Waals surface area contributed by atoms with Crippen molar-refractivity contribution < 1.29 is 14.3 Å². The van der Waals surface area contributed by atoms with Crippen molar-refractivity contribution in [1.82, 2.24) is 4.90 Å². The summed E-state index contributed by atoms with van der Waals surface area (Å²) < 4.78 is 11.2. The van der Waals surface area contributed by atoms with Gasteiger partial charge in [-0.3, -0.25) is 4.90 Å². The summed E-state index contributed by atoms with van der Waals surface area (Å²) in [4.78, 5) is 14.8. The number of ether oxygens (including phenoxy) is 2. The van der Waals surface area contributed by atoms with Crippen LogP contribution < -0.4 is 0 Å². The molecule has 0 radical (unpaired) electrons. The van der Waals surface area contributed by atoms with Crippen molar-refractivity contribution in [2.45, 2.75) is 44.4 Å². The SMILES string of the molecule is CCOC(=O)C(c1ccccc1)N1CCOC2CCCC21. The number of morpholine rings is 1. The van der Waals surface area contributed by atoms with Crippen molar-refractivity contribution in [3.63, 3.8) is 0 Å². The summed E-state index contributed by atoms with van der Waals surface area (Å²) in [7, 11) is 0. The molecule has 4 nitrogen and oxygen atoms in total. The Hall–Kier alpha value is -1.39. The molecule has 3 rings (SSSR count). The minimum Gasteiger partial charge on any atom is -0.465 e. The molecule has 0 amide bonds. The lowest BCUT2D eigenvalue weighted by Gasteiger charge is -2.41. The van der Waals surface area contributed by atoms with E-state index in [9.17, 15) is 4.79 Å². The van der Waals surface area contributed by atoms with E-state index in [2.05, 4.69) is 4.90 Å². The third-order valence-electron chi connectivity index (χ3n) is 4.48. The van der Waals surface area contributed by atoms with Gasteiger partial charge < -0.3 is 9.47 Å². The average Bonchev–Trinajstić information content (AvgIpc) is 2.98. The Morgan fingerprint density at radius 2 is 2.19 bits per heavy atom. The smallest absolute Gasteiger partial charge is 0.328 e. The quantitative estimate of drug-likeness (QED) is 0.799. The van der Waals surface area contributed by atoms with E-state index in [0.29, 0.717) is 19.3 Å². The molecule has 1 aliphatic heterocycles. The van der Waals surface area contributed by atoms with Crippen molar-refractivity contribution in [3.8, 4) is 0 Å². The first-order chi connectivity index (χ1) is 10.3. The van der Waals surface area contributed by atoms with Crippen LogP contribution in [0.3, 0.4) is 0 Å². The van der Waals surface area contributed by atoms with E-state index in [4.69, 9.17) is 9.47 Å². The highest BCUT2D eigenvalue weighted by molar-refractivity contribution is 5.77. The molecule has 1 aliphatic carbocycles. The predicted molar refractivity (Wildman–Crippen MR) is 79.9 cm³/mol. The fourth-order valence-electron chi connectivity index (χ4n) is 3.60. The predicted octanol–water partition coefficient (Wildman–Crippen LogP) is 2.54. The molecular formula is C17H23NO3. The fourth-order valence-corrected chi connectivity index (χ4v) is 3.60. The summed E-state index contributed by atoms with van der Waals surface area (Å²) in [6.45, 7) is 3.77. The zero-order valence-corrected chi connectivity index (χ0v) is 12.5. The van der Waals surface area contributed by atoms with Gasteiger partial charge in [-0.15, -0.1) is 0 Å². The number of carbonyl (C=O) groups is 1. The summed E-state index contributed by atoms with van der Waals surface area (Å²) in [5, 5.41) is 0. The summed E-state index contributed by atoms with van der Waals surface area (Å²) >= 11 is 0. The van der Waals surface area contributed by atoms with E-state index in [0.717, 1.165) is 24.9 Å². The van der Waals surface area contributed by atoms with E-state index >= 15 is 0 Å². The second kappa shape index (κ2) is 6.58. The number of esters is 1. The van der Waals surface area contributed by atoms with Crippen LogP contribution >= 0.6 is 0 Å². The van der Waals surface area contributed by atoms with Gasteiger partial charge in [-0.2, -0.15) is 0 Å². The lowest BCUT2D eigenvalue weighted by atomic mass is 10.0. The Balaban J connectivity index is 1.89. The molecular weight excluding hydrogens is 266 g/mol. The molecule has 1 saturated carbocycles. The highest BCUT2D eigenvalue weighted by Crippen LogP contribution is 2.35. The Labute approximate surface area is 126 Å². The molecule has 3 atom stereocenters. The van der Waals surface area contributed by atoms with E-state index in [1.807, 2.05) is 37.3 Å². The Morgan fingerprint density at radius 3 is 2.95 bits per heavy atom. The number of benzene rings is 1. The molecule has 1 aromatic rings. The van der Waals surface area contributed by atoms with Gasteiger partial charge in [-0.1, -0.05) is 30.3 Å². The number of hydrogen-bond acceptors (Lipinski definition) is 4. The third-order valence-corrected chi connectivity index (χ3v) is 4.48. The van der Waals surface area contributed by atoms with Gasteiger partial charge in [-0.05, 0) is 31.7 Å². The minimum absolute atomic E-state index is 0.142. The topological polar surface area (TPSA) is 38.8 Å². The van der Waals surface area contributed by atoms with Crippen molar-refractivity contribution in [1.29, 1.82) is 0 Å². The molecule has 1 aromatic carbocycles. The highest BCUT2D eigenvalue weighted by Gasteiger charge is 2.42. The molecule has 21 heavy (non-hydrogen) atoms. The normalized spacial score (nSPS) is 27.1. The maximum Gasteiger partial charge on any atom is 0.328 e. The van der Waals surface area contributed by atoms with Crippen molar-refractivity contribution in [2.24, 2.45) is 0 Å². The standard InChI is InChI=1S/C17H23NO3/c1-2-20-17(19)16(13-7-4-3-5-8-13)18-11-12-21-15-10-6-9-14(15)18/h3-5,7-8,14-16H,2,6,9-12H2,1H3. The molecule has 0 N–H and O–H groups in total. The highest BCUT2D eigenvalue weighted by atomic mass is 16.5. The number of carbonyl (C=O) groups excluding carboxylic acids is 1. The van der Waals surface area contributed by atoms with Gasteiger partial charge in [-0.25, -0.2) is 4.79 Å². The van der Waals surface area contributed by atoms with Gasteiger partial charge >= 0.3 is 5.97 Å². The van der Waals surface area contributed by atoms with E-state index in [-0.39, 0.29) is 18.1 Å². The first-order valence-corrected chi connectivity index (χ1v) is 7.90. The van der Waals surface area contributed by atoms with E-state index in [1.54, 1.807) is 0 Å². The number of nitrogens with zero attached hydrogens (tertiary/aromatic N) is 1. The van der Waals surface area contributed by atoms with Crippen LogP contribution in [-0.2, 0) is 14.3 Å². The zero-order chi connectivity index (χ0) is 14.7. The van der Waals surface area contributed by atoms with Gasteiger partial charge in [0, 0.05) is 12.6 Å². The molecule has 0 bridgehead atoms. The summed E-state index contributed by atoms with van der Waals surface area (Å²) in [5.74, 6) is -0.142. The number of hydrogen-bond donors (Lipinski definition) is 0. The van der Waals surface area contributed by atoms with Gasteiger partial charge in [0.2, 0.25) is 0 Å². The van der Waals surface area contributed by atoms with Crippen molar-refractivity contribution >= 4 is 5.97 Å². The van der Waals surface area contributed by atoms with Crippen LogP contribution in [0.25, 0.3) is 0 Å². The Kier molecular flexibility index (Phi) is 4.56. The van der Waals surface area contributed by atoms with Gasteiger partial charge in [0.1, 0.15) is 6.04 Å². The second-order valence-corrected chi connectivity index (χ2v) is 5.71. The van der Waals surface area contributed by atoms with Crippen LogP contribution in [0.15, 0.2) is 30.3 Å².